The third-order valence-electron chi connectivity index (χ3n) is 2.14. The van der Waals surface area contributed by atoms with E-state index in [1.165, 1.54) is 0 Å². The molecule has 1 aromatic heterocycles. The van der Waals surface area contributed by atoms with E-state index in [0.717, 1.165) is 22.9 Å². The van der Waals surface area contributed by atoms with E-state index in [1.54, 1.807) is 6.20 Å². The molecular weight excluding hydrogens is 218 g/mol. The van der Waals surface area contributed by atoms with Crippen molar-refractivity contribution in [3.8, 4) is 0 Å². The van der Waals surface area contributed by atoms with E-state index < -0.39 is 0 Å². The molecule has 1 saturated carbocycles. The van der Waals surface area contributed by atoms with Crippen LogP contribution in [0.5, 0.6) is 0 Å². The summed E-state index contributed by atoms with van der Waals surface area (Å²) < 4.78 is 0.981. The van der Waals surface area contributed by atoms with Gasteiger partial charge in [0.05, 0.1) is 0 Å². The fourth-order valence-electron chi connectivity index (χ4n) is 1.31. The Hall–Kier alpha value is -0.700. The van der Waals surface area contributed by atoms with Crippen molar-refractivity contribution in [2.45, 2.75) is 12.3 Å². The maximum Gasteiger partial charge on any atom is 0.123 e. The minimum Gasteiger partial charge on any atom is -0.303 e. The standard InChI is InChI=1S/C9H8BrNO/c10-7-1-2-9(11-4-7)8-3-6(8)5-12/h1-2,4-6,8H,3H2. The molecule has 0 bridgehead atoms. The fourth-order valence-corrected chi connectivity index (χ4v) is 1.55. The quantitative estimate of drug-likeness (QED) is 0.723. The summed E-state index contributed by atoms with van der Waals surface area (Å²) in [6.45, 7) is 0. The minimum absolute atomic E-state index is 0.221. The highest BCUT2D eigenvalue weighted by Gasteiger charge is 2.38. The first-order valence-electron chi connectivity index (χ1n) is 3.88. The highest BCUT2D eigenvalue weighted by atomic mass is 79.9. The van der Waals surface area contributed by atoms with Crippen LogP contribution in [0.3, 0.4) is 0 Å². The number of pyridine rings is 1. The predicted octanol–water partition coefficient (Wildman–Crippen LogP) is 2.15. The molecule has 1 aliphatic carbocycles. The molecule has 62 valence electrons. The molecule has 1 aromatic rings. The highest BCUT2D eigenvalue weighted by molar-refractivity contribution is 9.10. The summed E-state index contributed by atoms with van der Waals surface area (Å²) in [5.41, 5.74) is 1.04. The number of halogens is 1. The van der Waals surface area contributed by atoms with E-state index in [0.29, 0.717) is 5.92 Å². The van der Waals surface area contributed by atoms with Gasteiger partial charge in [0.1, 0.15) is 6.29 Å². The number of aromatic nitrogens is 1. The number of hydrogen-bond donors (Lipinski definition) is 0. The molecule has 0 N–H and O–H groups in total. The Labute approximate surface area is 79.1 Å². The van der Waals surface area contributed by atoms with Gasteiger partial charge in [-0.2, -0.15) is 0 Å². The smallest absolute Gasteiger partial charge is 0.123 e. The van der Waals surface area contributed by atoms with Gasteiger partial charge in [0.25, 0.3) is 0 Å². The average Bonchev–Trinajstić information content (AvgIpc) is 2.85. The lowest BCUT2D eigenvalue weighted by Crippen LogP contribution is -1.87. The molecule has 0 aromatic carbocycles. The van der Waals surface area contributed by atoms with Gasteiger partial charge < -0.3 is 4.79 Å². The number of nitrogens with zero attached hydrogens (tertiary/aromatic N) is 1. The summed E-state index contributed by atoms with van der Waals surface area (Å²) in [4.78, 5) is 14.6. The minimum atomic E-state index is 0.221. The molecule has 1 aliphatic rings. The largest absolute Gasteiger partial charge is 0.303 e. The molecule has 0 saturated heterocycles. The summed E-state index contributed by atoms with van der Waals surface area (Å²) in [5, 5.41) is 0. The molecule has 0 amide bonds. The SMILES string of the molecule is O=CC1CC1c1ccc(Br)cn1. The Kier molecular flexibility index (Phi) is 1.97. The summed E-state index contributed by atoms with van der Waals surface area (Å²) in [6.07, 6.45) is 3.77. The second kappa shape index (κ2) is 2.98. The van der Waals surface area contributed by atoms with Gasteiger partial charge >= 0.3 is 0 Å². The van der Waals surface area contributed by atoms with Crippen molar-refractivity contribution < 1.29 is 4.79 Å². The van der Waals surface area contributed by atoms with Crippen LogP contribution < -0.4 is 0 Å². The number of carbonyl (C=O) groups is 1. The zero-order chi connectivity index (χ0) is 8.55. The van der Waals surface area contributed by atoms with E-state index in [9.17, 15) is 4.79 Å². The lowest BCUT2D eigenvalue weighted by Gasteiger charge is -1.95. The van der Waals surface area contributed by atoms with Crippen molar-refractivity contribution in [1.29, 1.82) is 0 Å². The van der Waals surface area contributed by atoms with Crippen LogP contribution in [0.4, 0.5) is 0 Å². The summed E-state index contributed by atoms with van der Waals surface area (Å²) in [6, 6.07) is 3.93. The van der Waals surface area contributed by atoms with Crippen LogP contribution in [0.15, 0.2) is 22.8 Å². The molecule has 12 heavy (non-hydrogen) atoms. The summed E-state index contributed by atoms with van der Waals surface area (Å²) in [7, 11) is 0. The molecule has 2 atom stereocenters. The van der Waals surface area contributed by atoms with Crippen LogP contribution in [-0.4, -0.2) is 11.3 Å². The molecule has 3 heteroatoms. The monoisotopic (exact) mass is 225 g/mol. The topological polar surface area (TPSA) is 30.0 Å². The normalized spacial score (nSPS) is 26.8. The number of hydrogen-bond acceptors (Lipinski definition) is 2. The molecule has 0 aliphatic heterocycles. The Morgan fingerprint density at radius 1 is 1.58 bits per heavy atom. The van der Waals surface area contributed by atoms with Gasteiger partial charge in [-0.15, -0.1) is 0 Å². The predicted molar refractivity (Wildman–Crippen MR) is 48.8 cm³/mol. The van der Waals surface area contributed by atoms with Crippen molar-refractivity contribution in [3.05, 3.63) is 28.5 Å². The average molecular weight is 226 g/mol. The van der Waals surface area contributed by atoms with Crippen molar-refractivity contribution >= 4 is 22.2 Å². The lowest BCUT2D eigenvalue weighted by atomic mass is 10.2. The van der Waals surface area contributed by atoms with Gasteiger partial charge in [0.15, 0.2) is 0 Å². The molecule has 2 rings (SSSR count). The first kappa shape index (κ1) is 7.92. The van der Waals surface area contributed by atoms with Crippen molar-refractivity contribution in [1.82, 2.24) is 4.98 Å². The number of carbonyl (C=O) groups excluding carboxylic acids is 1. The fraction of sp³-hybridized carbons (Fsp3) is 0.333. The highest BCUT2D eigenvalue weighted by Crippen LogP contribution is 2.44. The first-order valence-corrected chi connectivity index (χ1v) is 4.67. The van der Waals surface area contributed by atoms with Gasteiger partial charge in [-0.1, -0.05) is 0 Å². The van der Waals surface area contributed by atoms with Crippen LogP contribution in [0.2, 0.25) is 0 Å². The first-order chi connectivity index (χ1) is 5.81. The zero-order valence-electron chi connectivity index (χ0n) is 6.40. The van der Waals surface area contributed by atoms with E-state index >= 15 is 0 Å². The van der Waals surface area contributed by atoms with E-state index in [2.05, 4.69) is 20.9 Å². The van der Waals surface area contributed by atoms with Gasteiger partial charge in [-0.25, -0.2) is 0 Å². The second-order valence-corrected chi connectivity index (χ2v) is 3.96. The summed E-state index contributed by atoms with van der Waals surface area (Å²) >= 11 is 3.32. The Bertz CT molecular complexity index is 296. The molecule has 1 heterocycles. The van der Waals surface area contributed by atoms with E-state index in [-0.39, 0.29) is 5.92 Å². The second-order valence-electron chi connectivity index (χ2n) is 3.04. The summed E-state index contributed by atoms with van der Waals surface area (Å²) in [5.74, 6) is 0.606. The van der Waals surface area contributed by atoms with Crippen molar-refractivity contribution in [3.63, 3.8) is 0 Å². The van der Waals surface area contributed by atoms with Crippen molar-refractivity contribution in [2.24, 2.45) is 5.92 Å². The molecule has 1 fully saturated rings. The van der Waals surface area contributed by atoms with Crippen LogP contribution in [-0.2, 0) is 4.79 Å². The maximum atomic E-state index is 10.4. The third kappa shape index (κ3) is 1.41. The van der Waals surface area contributed by atoms with E-state index in [1.807, 2.05) is 12.1 Å². The molecule has 2 nitrogen and oxygen atoms in total. The van der Waals surface area contributed by atoms with Gasteiger partial charge in [0.2, 0.25) is 0 Å². The van der Waals surface area contributed by atoms with Gasteiger partial charge in [0, 0.05) is 28.2 Å². The van der Waals surface area contributed by atoms with Crippen LogP contribution in [0.25, 0.3) is 0 Å². The number of aldehydes is 1. The van der Waals surface area contributed by atoms with Crippen molar-refractivity contribution in [2.75, 3.05) is 0 Å². The molecule has 2 unspecified atom stereocenters. The molecular formula is C9H8BrNO. The third-order valence-corrected chi connectivity index (χ3v) is 2.61. The van der Waals surface area contributed by atoms with Crippen LogP contribution in [0.1, 0.15) is 18.0 Å². The van der Waals surface area contributed by atoms with Crippen LogP contribution in [0, 0.1) is 5.92 Å². The zero-order valence-corrected chi connectivity index (χ0v) is 7.99. The molecule has 0 radical (unpaired) electrons. The molecule has 0 spiro atoms. The Balaban J connectivity index is 2.15. The van der Waals surface area contributed by atoms with Gasteiger partial charge in [-0.05, 0) is 34.5 Å². The van der Waals surface area contributed by atoms with Crippen LogP contribution >= 0.6 is 15.9 Å². The maximum absolute atomic E-state index is 10.4. The van der Waals surface area contributed by atoms with E-state index in [4.69, 9.17) is 0 Å². The van der Waals surface area contributed by atoms with Gasteiger partial charge in [-0.3, -0.25) is 4.98 Å². The Morgan fingerprint density at radius 2 is 2.42 bits per heavy atom. The Morgan fingerprint density at radius 3 is 2.92 bits per heavy atom. The lowest BCUT2D eigenvalue weighted by molar-refractivity contribution is -0.108. The number of rotatable bonds is 2.